The van der Waals surface area contributed by atoms with Crippen LogP contribution in [0.3, 0.4) is 0 Å². The van der Waals surface area contributed by atoms with Crippen LogP contribution in [0.5, 0.6) is 0 Å². The van der Waals surface area contributed by atoms with E-state index in [0.717, 1.165) is 22.2 Å². The minimum absolute atomic E-state index is 0.341. The molecule has 2 heterocycles. The Labute approximate surface area is 103 Å². The van der Waals surface area contributed by atoms with Crippen molar-refractivity contribution in [3.63, 3.8) is 0 Å². The lowest BCUT2D eigenvalue weighted by atomic mass is 10.1. The van der Waals surface area contributed by atoms with Gasteiger partial charge in [-0.2, -0.15) is 0 Å². The summed E-state index contributed by atoms with van der Waals surface area (Å²) in [4.78, 5) is 14.6. The third-order valence-corrected chi connectivity index (χ3v) is 2.89. The number of aromatic nitrogens is 1. The molecule has 0 spiro atoms. The molecule has 0 unspecified atom stereocenters. The molecule has 3 rings (SSSR count). The van der Waals surface area contributed by atoms with Crippen molar-refractivity contribution in [2.45, 2.75) is 0 Å². The molecule has 2 aromatic heterocycles. The van der Waals surface area contributed by atoms with Gasteiger partial charge in [0.05, 0.1) is 18.9 Å². The lowest BCUT2D eigenvalue weighted by Gasteiger charge is -1.99. The van der Waals surface area contributed by atoms with Crippen LogP contribution in [0.15, 0.2) is 47.2 Å². The van der Waals surface area contributed by atoms with E-state index in [4.69, 9.17) is 9.15 Å². The van der Waals surface area contributed by atoms with Gasteiger partial charge in [0.25, 0.3) is 0 Å². The quantitative estimate of drug-likeness (QED) is 0.701. The number of esters is 1. The molecule has 0 bridgehead atoms. The van der Waals surface area contributed by atoms with Crippen LogP contribution >= 0.6 is 0 Å². The number of hydrogen-bond acceptors (Lipinski definition) is 3. The summed E-state index contributed by atoms with van der Waals surface area (Å²) in [7, 11) is 1.37. The lowest BCUT2D eigenvalue weighted by Crippen LogP contribution is -1.99. The molecule has 90 valence electrons. The van der Waals surface area contributed by atoms with Crippen LogP contribution in [-0.4, -0.2) is 18.1 Å². The number of ether oxygens (including phenoxy) is 1. The van der Waals surface area contributed by atoms with Crippen LogP contribution in [0.25, 0.3) is 22.2 Å². The standard InChI is InChI=1S/C14H11NO3/c1-17-14(16)11-8-15-12-7-9(4-5-10(11)12)13-3-2-6-18-13/h2-8,15H,1H3. The van der Waals surface area contributed by atoms with Crippen LogP contribution in [0.4, 0.5) is 0 Å². The van der Waals surface area contributed by atoms with E-state index in [1.807, 2.05) is 30.3 Å². The molecule has 3 aromatic rings. The highest BCUT2D eigenvalue weighted by Crippen LogP contribution is 2.26. The van der Waals surface area contributed by atoms with Crippen LogP contribution in [0.2, 0.25) is 0 Å². The van der Waals surface area contributed by atoms with Crippen molar-refractivity contribution in [1.82, 2.24) is 4.98 Å². The van der Waals surface area contributed by atoms with Gasteiger partial charge in [0.1, 0.15) is 5.76 Å². The normalized spacial score (nSPS) is 10.7. The van der Waals surface area contributed by atoms with Gasteiger partial charge in [-0.15, -0.1) is 0 Å². The minimum Gasteiger partial charge on any atom is -0.465 e. The highest BCUT2D eigenvalue weighted by atomic mass is 16.5. The second-order valence-corrected chi connectivity index (χ2v) is 3.93. The van der Waals surface area contributed by atoms with Gasteiger partial charge in [0, 0.05) is 22.7 Å². The van der Waals surface area contributed by atoms with E-state index in [1.165, 1.54) is 7.11 Å². The first kappa shape index (κ1) is 10.7. The maximum Gasteiger partial charge on any atom is 0.340 e. The predicted molar refractivity (Wildman–Crippen MR) is 67.3 cm³/mol. The van der Waals surface area contributed by atoms with E-state index in [1.54, 1.807) is 12.5 Å². The van der Waals surface area contributed by atoms with Crippen LogP contribution in [0, 0.1) is 0 Å². The van der Waals surface area contributed by atoms with Crippen LogP contribution in [0.1, 0.15) is 10.4 Å². The Kier molecular flexibility index (Phi) is 2.41. The zero-order chi connectivity index (χ0) is 12.5. The van der Waals surface area contributed by atoms with Crippen LogP contribution < -0.4 is 0 Å². The summed E-state index contributed by atoms with van der Waals surface area (Å²) in [6, 6.07) is 9.48. The van der Waals surface area contributed by atoms with Crippen molar-refractivity contribution < 1.29 is 13.9 Å². The van der Waals surface area contributed by atoms with Gasteiger partial charge >= 0.3 is 5.97 Å². The fourth-order valence-corrected chi connectivity index (χ4v) is 2.00. The van der Waals surface area contributed by atoms with Gasteiger partial charge < -0.3 is 14.1 Å². The van der Waals surface area contributed by atoms with Gasteiger partial charge in [-0.1, -0.05) is 12.1 Å². The molecule has 0 aliphatic carbocycles. The van der Waals surface area contributed by atoms with E-state index >= 15 is 0 Å². The number of rotatable bonds is 2. The first-order valence-electron chi connectivity index (χ1n) is 5.53. The number of benzene rings is 1. The summed E-state index contributed by atoms with van der Waals surface area (Å²) in [5.74, 6) is 0.457. The monoisotopic (exact) mass is 241 g/mol. The molecule has 4 nitrogen and oxygen atoms in total. The van der Waals surface area contributed by atoms with Crippen molar-refractivity contribution in [1.29, 1.82) is 0 Å². The maximum atomic E-state index is 11.5. The molecular weight excluding hydrogens is 230 g/mol. The first-order chi connectivity index (χ1) is 8.79. The van der Waals surface area contributed by atoms with E-state index in [-0.39, 0.29) is 5.97 Å². The van der Waals surface area contributed by atoms with Crippen molar-refractivity contribution >= 4 is 16.9 Å². The molecular formula is C14H11NO3. The molecule has 1 N–H and O–H groups in total. The first-order valence-corrected chi connectivity index (χ1v) is 5.53. The Morgan fingerprint density at radius 2 is 2.22 bits per heavy atom. The van der Waals surface area contributed by atoms with Gasteiger partial charge in [-0.05, 0) is 18.2 Å². The Morgan fingerprint density at radius 1 is 1.33 bits per heavy atom. The summed E-state index contributed by atoms with van der Waals surface area (Å²) in [5, 5.41) is 0.845. The summed E-state index contributed by atoms with van der Waals surface area (Å²) < 4.78 is 10.1. The van der Waals surface area contributed by atoms with Crippen molar-refractivity contribution in [2.75, 3.05) is 7.11 Å². The number of aromatic amines is 1. The van der Waals surface area contributed by atoms with Crippen molar-refractivity contribution in [3.05, 3.63) is 48.4 Å². The van der Waals surface area contributed by atoms with E-state index in [0.29, 0.717) is 5.56 Å². The molecule has 0 aliphatic heterocycles. The maximum absolute atomic E-state index is 11.5. The number of methoxy groups -OCH3 is 1. The third kappa shape index (κ3) is 1.59. The number of furan rings is 1. The Hall–Kier alpha value is -2.49. The average Bonchev–Trinajstić information content (AvgIpc) is 3.06. The summed E-state index contributed by atoms with van der Waals surface area (Å²) in [6.45, 7) is 0. The highest BCUT2D eigenvalue weighted by Gasteiger charge is 2.12. The predicted octanol–water partition coefficient (Wildman–Crippen LogP) is 3.21. The molecule has 0 radical (unpaired) electrons. The Balaban J connectivity index is 2.13. The number of carbonyl (C=O) groups excluding carboxylic acids is 1. The van der Waals surface area contributed by atoms with Gasteiger partial charge in [-0.3, -0.25) is 0 Å². The second kappa shape index (κ2) is 4.07. The summed E-state index contributed by atoms with van der Waals surface area (Å²) >= 11 is 0. The number of fused-ring (bicyclic) bond motifs is 1. The van der Waals surface area contributed by atoms with Crippen molar-refractivity contribution in [2.24, 2.45) is 0 Å². The molecule has 4 heteroatoms. The Bertz CT molecular complexity index is 695. The zero-order valence-electron chi connectivity index (χ0n) is 9.77. The van der Waals surface area contributed by atoms with E-state index < -0.39 is 0 Å². The molecule has 18 heavy (non-hydrogen) atoms. The van der Waals surface area contributed by atoms with Crippen molar-refractivity contribution in [3.8, 4) is 11.3 Å². The molecule has 0 aliphatic rings. The molecule has 0 fully saturated rings. The zero-order valence-corrected chi connectivity index (χ0v) is 9.77. The highest BCUT2D eigenvalue weighted by molar-refractivity contribution is 6.04. The lowest BCUT2D eigenvalue weighted by molar-refractivity contribution is 0.0603. The summed E-state index contributed by atoms with van der Waals surface area (Å²) in [5.41, 5.74) is 2.38. The molecule has 0 atom stereocenters. The fraction of sp³-hybridized carbons (Fsp3) is 0.0714. The molecule has 0 saturated carbocycles. The van der Waals surface area contributed by atoms with Gasteiger partial charge in [-0.25, -0.2) is 4.79 Å². The average molecular weight is 241 g/mol. The van der Waals surface area contributed by atoms with Gasteiger partial charge in [0.2, 0.25) is 0 Å². The SMILES string of the molecule is COC(=O)c1c[nH]c2cc(-c3ccco3)ccc12. The second-order valence-electron chi connectivity index (χ2n) is 3.93. The fourth-order valence-electron chi connectivity index (χ4n) is 2.00. The molecule has 0 amide bonds. The minimum atomic E-state index is -0.341. The molecule has 0 saturated heterocycles. The third-order valence-electron chi connectivity index (χ3n) is 2.89. The van der Waals surface area contributed by atoms with Gasteiger partial charge in [0.15, 0.2) is 0 Å². The van der Waals surface area contributed by atoms with E-state index in [2.05, 4.69) is 4.98 Å². The smallest absolute Gasteiger partial charge is 0.340 e. The number of carbonyl (C=O) groups is 1. The molecule has 1 aromatic carbocycles. The topological polar surface area (TPSA) is 55.2 Å². The number of H-pyrrole nitrogens is 1. The summed E-state index contributed by atoms with van der Waals surface area (Å²) in [6.07, 6.45) is 3.29. The number of nitrogens with one attached hydrogen (secondary N) is 1. The van der Waals surface area contributed by atoms with E-state index in [9.17, 15) is 4.79 Å². The Morgan fingerprint density at radius 3 is 2.94 bits per heavy atom. The number of hydrogen-bond donors (Lipinski definition) is 1. The largest absolute Gasteiger partial charge is 0.465 e. The van der Waals surface area contributed by atoms with Crippen LogP contribution in [-0.2, 0) is 4.74 Å².